The van der Waals surface area contributed by atoms with Gasteiger partial charge in [0.1, 0.15) is 5.75 Å². The normalized spacial score (nSPS) is 13.6. The molecule has 4 heteroatoms. The highest BCUT2D eigenvalue weighted by Gasteiger charge is 2.48. The maximum Gasteiger partial charge on any atom is 0.258 e. The maximum atomic E-state index is 7.04. The van der Waals surface area contributed by atoms with Crippen molar-refractivity contribution in [2.24, 2.45) is 0 Å². The van der Waals surface area contributed by atoms with Crippen molar-refractivity contribution >= 4 is 16.6 Å². The van der Waals surface area contributed by atoms with Crippen LogP contribution in [0.1, 0.15) is 88.6 Å². The molecule has 0 spiro atoms. The molecule has 0 unspecified atom stereocenters. The van der Waals surface area contributed by atoms with Crippen molar-refractivity contribution in [1.29, 1.82) is 0 Å². The molecule has 0 aliphatic heterocycles. The number of hydrogen-bond donors (Lipinski definition) is 0. The van der Waals surface area contributed by atoms with Crippen molar-refractivity contribution in [2.75, 3.05) is 0 Å². The molecule has 0 amide bonds. The lowest BCUT2D eigenvalue weighted by Gasteiger charge is -2.44. The van der Waals surface area contributed by atoms with E-state index in [0.717, 1.165) is 5.75 Å². The number of rotatable bonds is 11. The maximum absolute atomic E-state index is 7.04. The number of hydrogen-bond acceptors (Lipinski definition) is 2. The average molecular weight is 437 g/mol. The molecule has 0 aromatic heterocycles. The van der Waals surface area contributed by atoms with Gasteiger partial charge in [-0.05, 0) is 39.3 Å². The van der Waals surface area contributed by atoms with Gasteiger partial charge in [-0.1, -0.05) is 101 Å². The fourth-order valence-electron chi connectivity index (χ4n) is 5.97. The third-order valence-electron chi connectivity index (χ3n) is 7.15. The first-order valence-electron chi connectivity index (χ1n) is 11.7. The molecule has 0 aliphatic carbocycles. The van der Waals surface area contributed by atoms with Crippen LogP contribution in [-0.4, -0.2) is 16.6 Å². The third kappa shape index (κ3) is 5.37. The first kappa shape index (κ1) is 26.4. The molecule has 0 heterocycles. The van der Waals surface area contributed by atoms with E-state index in [0.29, 0.717) is 39.9 Å². The van der Waals surface area contributed by atoms with Crippen molar-refractivity contribution in [3.05, 3.63) is 29.8 Å². The van der Waals surface area contributed by atoms with Crippen LogP contribution in [0.2, 0.25) is 33.2 Å². The smallest absolute Gasteiger partial charge is 0.258 e. The van der Waals surface area contributed by atoms with E-state index in [-0.39, 0.29) is 0 Å². The van der Waals surface area contributed by atoms with E-state index in [1.165, 1.54) is 5.56 Å². The molecule has 0 atom stereocenters. The van der Waals surface area contributed by atoms with Crippen molar-refractivity contribution < 1.29 is 8.85 Å². The van der Waals surface area contributed by atoms with E-state index in [1.54, 1.807) is 0 Å². The lowest BCUT2D eigenvalue weighted by molar-refractivity contribution is 0.262. The summed E-state index contributed by atoms with van der Waals surface area (Å²) in [6, 6.07) is 8.60. The van der Waals surface area contributed by atoms with Crippen LogP contribution in [0.4, 0.5) is 0 Å². The van der Waals surface area contributed by atoms with E-state index in [1.807, 2.05) is 0 Å². The van der Waals surface area contributed by atoms with Crippen LogP contribution in [0.3, 0.4) is 0 Å². The molecule has 1 aromatic carbocycles. The summed E-state index contributed by atoms with van der Waals surface area (Å²) in [6.45, 7) is 28.8. The van der Waals surface area contributed by atoms with E-state index < -0.39 is 16.6 Å². The van der Waals surface area contributed by atoms with Gasteiger partial charge in [0.2, 0.25) is 8.32 Å². The van der Waals surface area contributed by atoms with E-state index in [9.17, 15) is 0 Å². The summed E-state index contributed by atoms with van der Waals surface area (Å²) in [5, 5.41) is 0. The SMILES string of the molecule is CC(C)[Si](OCc1ccccc1O[Si](C(C)C)(C(C)C)C(C)C)(C(C)C)C(C)C. The van der Waals surface area contributed by atoms with Crippen LogP contribution in [0.15, 0.2) is 24.3 Å². The predicted octanol–water partition coefficient (Wildman–Crippen LogP) is 8.93. The minimum Gasteiger partial charge on any atom is -0.542 e. The Morgan fingerprint density at radius 2 is 0.966 bits per heavy atom. The molecule has 2 nitrogen and oxygen atoms in total. The summed E-state index contributed by atoms with van der Waals surface area (Å²) in [5.41, 5.74) is 4.67. The molecule has 0 aliphatic rings. The molecule has 0 radical (unpaired) electrons. The molecule has 29 heavy (non-hydrogen) atoms. The standard InChI is InChI=1S/C25H48O2Si2/c1-18(2)28(19(3)4,20(5)6)26-17-24-15-13-14-16-25(24)27-29(21(7)8,22(9)10)23(11)12/h13-16,18-23H,17H2,1-12H3. The number of para-hydroxylation sites is 1. The second-order valence-corrected chi connectivity index (χ2v) is 21.5. The van der Waals surface area contributed by atoms with Crippen molar-refractivity contribution in [1.82, 2.24) is 0 Å². The van der Waals surface area contributed by atoms with Crippen molar-refractivity contribution in [2.45, 2.75) is 123 Å². The van der Waals surface area contributed by atoms with E-state index in [4.69, 9.17) is 8.85 Å². The Morgan fingerprint density at radius 1 is 0.586 bits per heavy atom. The van der Waals surface area contributed by atoms with Gasteiger partial charge in [0, 0.05) is 5.56 Å². The Labute approximate surface area is 184 Å². The van der Waals surface area contributed by atoms with Gasteiger partial charge < -0.3 is 8.85 Å². The largest absolute Gasteiger partial charge is 0.542 e. The lowest BCUT2D eigenvalue weighted by Crippen LogP contribution is -2.51. The van der Waals surface area contributed by atoms with E-state index in [2.05, 4.69) is 107 Å². The van der Waals surface area contributed by atoms with Gasteiger partial charge in [-0.15, -0.1) is 0 Å². The number of benzene rings is 1. The van der Waals surface area contributed by atoms with Crippen LogP contribution < -0.4 is 4.43 Å². The minimum atomic E-state index is -1.98. The molecule has 0 saturated carbocycles. The molecule has 0 fully saturated rings. The summed E-state index contributed by atoms with van der Waals surface area (Å²) in [4.78, 5) is 0. The van der Waals surface area contributed by atoms with Gasteiger partial charge in [0.25, 0.3) is 8.32 Å². The van der Waals surface area contributed by atoms with E-state index >= 15 is 0 Å². The molecular formula is C25H48O2Si2. The van der Waals surface area contributed by atoms with Gasteiger partial charge >= 0.3 is 0 Å². The molecular weight excluding hydrogens is 388 g/mol. The highest BCUT2D eigenvalue weighted by atomic mass is 28.4. The zero-order valence-corrected chi connectivity index (χ0v) is 23.3. The molecule has 1 aromatic rings. The Bertz CT molecular complexity index is 577. The Kier molecular flexibility index (Phi) is 9.70. The van der Waals surface area contributed by atoms with Crippen molar-refractivity contribution in [3.63, 3.8) is 0 Å². The topological polar surface area (TPSA) is 18.5 Å². The molecule has 1 rings (SSSR count). The van der Waals surface area contributed by atoms with Crippen LogP contribution in [0, 0.1) is 0 Å². The summed E-state index contributed by atoms with van der Waals surface area (Å²) in [7, 11) is -3.89. The van der Waals surface area contributed by atoms with Crippen LogP contribution in [0.5, 0.6) is 5.75 Å². The van der Waals surface area contributed by atoms with Gasteiger partial charge in [0.05, 0.1) is 6.61 Å². The predicted molar refractivity (Wildman–Crippen MR) is 134 cm³/mol. The molecule has 0 saturated heterocycles. The zero-order chi connectivity index (χ0) is 22.6. The first-order valence-corrected chi connectivity index (χ1v) is 16.0. The molecule has 0 N–H and O–H groups in total. The Hall–Kier alpha value is -0.586. The second-order valence-electron chi connectivity index (χ2n) is 10.6. The third-order valence-corrected chi connectivity index (χ3v) is 19.2. The van der Waals surface area contributed by atoms with Gasteiger partial charge in [-0.2, -0.15) is 0 Å². The summed E-state index contributed by atoms with van der Waals surface area (Å²) < 4.78 is 13.9. The Morgan fingerprint density at radius 3 is 1.34 bits per heavy atom. The quantitative estimate of drug-likeness (QED) is 0.322. The highest BCUT2D eigenvalue weighted by Crippen LogP contribution is 2.45. The fraction of sp³-hybridized carbons (Fsp3) is 0.760. The second kappa shape index (κ2) is 10.6. The summed E-state index contributed by atoms with van der Waals surface area (Å²) >= 11 is 0. The Balaban J connectivity index is 3.29. The zero-order valence-electron chi connectivity index (χ0n) is 21.3. The van der Waals surface area contributed by atoms with Crippen molar-refractivity contribution in [3.8, 4) is 5.75 Å². The van der Waals surface area contributed by atoms with Crippen LogP contribution >= 0.6 is 0 Å². The lowest BCUT2D eigenvalue weighted by atomic mass is 10.2. The van der Waals surface area contributed by atoms with Gasteiger partial charge in [-0.3, -0.25) is 0 Å². The molecule has 168 valence electrons. The van der Waals surface area contributed by atoms with Crippen LogP contribution in [0.25, 0.3) is 0 Å². The average Bonchev–Trinajstić information content (AvgIpc) is 2.59. The summed E-state index contributed by atoms with van der Waals surface area (Å²) in [6.07, 6.45) is 0. The first-order chi connectivity index (χ1) is 13.3. The van der Waals surface area contributed by atoms with Crippen LogP contribution in [-0.2, 0) is 11.0 Å². The highest BCUT2D eigenvalue weighted by molar-refractivity contribution is 6.78. The molecule has 0 bridgehead atoms. The van der Waals surface area contributed by atoms with Gasteiger partial charge in [-0.25, -0.2) is 0 Å². The monoisotopic (exact) mass is 436 g/mol. The van der Waals surface area contributed by atoms with Gasteiger partial charge in [0.15, 0.2) is 0 Å². The fourth-order valence-corrected chi connectivity index (χ4v) is 16.7. The summed E-state index contributed by atoms with van der Waals surface area (Å²) in [5.74, 6) is 1.05. The minimum absolute atomic E-state index is 0.562.